The minimum Gasteiger partial charge on any atom is -0.358 e. The van der Waals surface area contributed by atoms with Crippen molar-refractivity contribution in [2.75, 3.05) is 6.54 Å². The lowest BCUT2D eigenvalue weighted by molar-refractivity contribution is 0.348. The van der Waals surface area contributed by atoms with Crippen molar-refractivity contribution in [3.05, 3.63) is 0 Å². The number of aliphatic imine (C=N–C) groups is 1. The molecule has 0 fully saturated rings. The molecule has 0 rings (SSSR count). The highest BCUT2D eigenvalue weighted by atomic mass is 15.2. The van der Waals surface area contributed by atoms with Gasteiger partial charge < -0.3 is 4.90 Å². The first-order valence-electron chi connectivity index (χ1n) is 5.74. The van der Waals surface area contributed by atoms with Gasteiger partial charge in [-0.2, -0.15) is 0 Å². The highest BCUT2D eigenvalue weighted by Crippen LogP contribution is 2.09. The van der Waals surface area contributed by atoms with Crippen LogP contribution in [0, 0.1) is 5.92 Å². The van der Waals surface area contributed by atoms with Gasteiger partial charge >= 0.3 is 0 Å². The van der Waals surface area contributed by atoms with Crippen molar-refractivity contribution < 1.29 is 0 Å². The Labute approximate surface area is 89.4 Å². The van der Waals surface area contributed by atoms with E-state index in [0.717, 1.165) is 6.54 Å². The predicted octanol–water partition coefficient (Wildman–Crippen LogP) is 3.18. The monoisotopic (exact) mass is 198 g/mol. The van der Waals surface area contributed by atoms with E-state index in [0.29, 0.717) is 18.0 Å². The molecular formula is C12H26N2. The van der Waals surface area contributed by atoms with Crippen LogP contribution in [0.4, 0.5) is 0 Å². The fraction of sp³-hybridized carbons (Fsp3) is 0.917. The van der Waals surface area contributed by atoms with Crippen LogP contribution in [-0.4, -0.2) is 29.4 Å². The Hall–Kier alpha value is -0.530. The standard InChI is InChI=1S/C12H26N2/c1-8-14(11(6)7)12(9(2)3)13-10(4)5/h9-11H,8H2,1-7H3/b13-12-. The van der Waals surface area contributed by atoms with E-state index in [1.54, 1.807) is 0 Å². The van der Waals surface area contributed by atoms with Crippen LogP contribution in [0.3, 0.4) is 0 Å². The van der Waals surface area contributed by atoms with Gasteiger partial charge in [0.05, 0.1) is 0 Å². The first-order chi connectivity index (χ1) is 6.40. The maximum Gasteiger partial charge on any atom is 0.102 e. The van der Waals surface area contributed by atoms with Crippen LogP contribution in [-0.2, 0) is 0 Å². The van der Waals surface area contributed by atoms with Gasteiger partial charge in [0.1, 0.15) is 5.84 Å². The maximum absolute atomic E-state index is 4.71. The smallest absolute Gasteiger partial charge is 0.102 e. The first kappa shape index (κ1) is 13.5. The molecule has 2 heteroatoms. The van der Waals surface area contributed by atoms with Crippen LogP contribution >= 0.6 is 0 Å². The minimum absolute atomic E-state index is 0.389. The molecule has 84 valence electrons. The third kappa shape index (κ3) is 4.12. The van der Waals surface area contributed by atoms with Crippen LogP contribution in [0.2, 0.25) is 0 Å². The number of amidine groups is 1. The predicted molar refractivity (Wildman–Crippen MR) is 64.9 cm³/mol. The Kier molecular flexibility index (Phi) is 5.82. The van der Waals surface area contributed by atoms with Crippen LogP contribution < -0.4 is 0 Å². The van der Waals surface area contributed by atoms with Gasteiger partial charge in [-0.15, -0.1) is 0 Å². The molecule has 0 aromatic carbocycles. The highest BCUT2D eigenvalue weighted by molar-refractivity contribution is 5.84. The zero-order chi connectivity index (χ0) is 11.3. The molecule has 0 aromatic heterocycles. The molecule has 0 heterocycles. The molecule has 0 atom stereocenters. The summed E-state index contributed by atoms with van der Waals surface area (Å²) >= 11 is 0. The quantitative estimate of drug-likeness (QED) is 0.500. The Bertz CT molecular complexity index is 181. The van der Waals surface area contributed by atoms with E-state index < -0.39 is 0 Å². The summed E-state index contributed by atoms with van der Waals surface area (Å²) in [4.78, 5) is 7.09. The molecule has 0 aliphatic rings. The van der Waals surface area contributed by atoms with E-state index in [9.17, 15) is 0 Å². The van der Waals surface area contributed by atoms with Crippen molar-refractivity contribution in [1.29, 1.82) is 0 Å². The van der Waals surface area contributed by atoms with Gasteiger partial charge in [0.2, 0.25) is 0 Å². The molecule has 14 heavy (non-hydrogen) atoms. The Balaban J connectivity index is 4.79. The van der Waals surface area contributed by atoms with Gasteiger partial charge in [0.15, 0.2) is 0 Å². The summed E-state index contributed by atoms with van der Waals surface area (Å²) in [6.07, 6.45) is 0. The van der Waals surface area contributed by atoms with Crippen molar-refractivity contribution in [3.8, 4) is 0 Å². The summed E-state index contributed by atoms with van der Waals surface area (Å²) in [5.74, 6) is 1.76. The van der Waals surface area contributed by atoms with Crippen LogP contribution in [0.5, 0.6) is 0 Å². The van der Waals surface area contributed by atoms with Crippen LogP contribution in [0.25, 0.3) is 0 Å². The second-order valence-corrected chi connectivity index (χ2v) is 4.62. The fourth-order valence-electron chi connectivity index (χ4n) is 1.61. The largest absolute Gasteiger partial charge is 0.358 e. The summed E-state index contributed by atoms with van der Waals surface area (Å²) in [5, 5.41) is 0. The number of nitrogens with zero attached hydrogens (tertiary/aromatic N) is 2. The SMILES string of the molecule is CCN(/C(=N\C(C)C)C(C)C)C(C)C. The number of hydrogen-bond acceptors (Lipinski definition) is 1. The lowest BCUT2D eigenvalue weighted by atomic mass is 10.1. The summed E-state index contributed by atoms with van der Waals surface area (Å²) in [6, 6.07) is 0.931. The van der Waals surface area contributed by atoms with Crippen molar-refractivity contribution in [2.24, 2.45) is 10.9 Å². The van der Waals surface area contributed by atoms with Gasteiger partial charge in [-0.05, 0) is 34.6 Å². The molecule has 2 nitrogen and oxygen atoms in total. The molecule has 0 unspecified atom stereocenters. The lowest BCUT2D eigenvalue weighted by Crippen LogP contribution is -2.40. The van der Waals surface area contributed by atoms with Crippen LogP contribution in [0.1, 0.15) is 48.5 Å². The van der Waals surface area contributed by atoms with E-state index in [2.05, 4.69) is 53.4 Å². The van der Waals surface area contributed by atoms with Gasteiger partial charge in [0, 0.05) is 24.5 Å². The molecule has 0 bridgehead atoms. The van der Waals surface area contributed by atoms with E-state index in [-0.39, 0.29) is 0 Å². The van der Waals surface area contributed by atoms with Crippen molar-refractivity contribution in [2.45, 2.75) is 60.5 Å². The van der Waals surface area contributed by atoms with E-state index >= 15 is 0 Å². The normalized spacial score (nSPS) is 13.1. The minimum atomic E-state index is 0.389. The summed E-state index contributed by atoms with van der Waals surface area (Å²) in [6.45, 7) is 16.4. The average Bonchev–Trinajstić information content (AvgIpc) is 2.02. The summed E-state index contributed by atoms with van der Waals surface area (Å²) in [5.41, 5.74) is 0. The Morgan fingerprint density at radius 3 is 1.79 bits per heavy atom. The molecule has 0 amide bonds. The fourth-order valence-corrected chi connectivity index (χ4v) is 1.61. The summed E-state index contributed by atoms with van der Waals surface area (Å²) in [7, 11) is 0. The number of hydrogen-bond donors (Lipinski definition) is 0. The van der Waals surface area contributed by atoms with E-state index in [4.69, 9.17) is 4.99 Å². The van der Waals surface area contributed by atoms with Gasteiger partial charge in [-0.3, -0.25) is 4.99 Å². The maximum atomic E-state index is 4.71. The highest BCUT2D eigenvalue weighted by Gasteiger charge is 2.16. The Morgan fingerprint density at radius 2 is 1.57 bits per heavy atom. The zero-order valence-corrected chi connectivity index (χ0v) is 10.8. The van der Waals surface area contributed by atoms with E-state index in [1.807, 2.05) is 0 Å². The summed E-state index contributed by atoms with van der Waals surface area (Å²) < 4.78 is 0. The molecule has 0 radical (unpaired) electrons. The topological polar surface area (TPSA) is 15.6 Å². The van der Waals surface area contributed by atoms with E-state index in [1.165, 1.54) is 5.84 Å². The third-order valence-electron chi connectivity index (χ3n) is 2.17. The van der Waals surface area contributed by atoms with Gasteiger partial charge in [-0.1, -0.05) is 13.8 Å². The number of rotatable bonds is 4. The van der Waals surface area contributed by atoms with Gasteiger partial charge in [-0.25, -0.2) is 0 Å². The Morgan fingerprint density at radius 1 is 1.07 bits per heavy atom. The second kappa shape index (κ2) is 6.05. The van der Waals surface area contributed by atoms with Crippen molar-refractivity contribution >= 4 is 5.84 Å². The molecular weight excluding hydrogens is 172 g/mol. The first-order valence-corrected chi connectivity index (χ1v) is 5.74. The zero-order valence-electron chi connectivity index (χ0n) is 10.8. The molecule has 0 saturated carbocycles. The van der Waals surface area contributed by atoms with Crippen LogP contribution in [0.15, 0.2) is 4.99 Å². The molecule has 0 aliphatic carbocycles. The average molecular weight is 198 g/mol. The van der Waals surface area contributed by atoms with Crippen molar-refractivity contribution in [3.63, 3.8) is 0 Å². The third-order valence-corrected chi connectivity index (χ3v) is 2.17. The lowest BCUT2D eigenvalue weighted by Gasteiger charge is -2.31. The molecule has 0 aliphatic heterocycles. The molecule has 0 N–H and O–H groups in total. The van der Waals surface area contributed by atoms with Gasteiger partial charge in [0.25, 0.3) is 0 Å². The molecule has 0 aromatic rings. The second-order valence-electron chi connectivity index (χ2n) is 4.62. The molecule has 0 saturated heterocycles. The molecule has 0 spiro atoms. The van der Waals surface area contributed by atoms with Crippen molar-refractivity contribution in [1.82, 2.24) is 4.90 Å².